The highest BCUT2D eigenvalue weighted by Crippen LogP contribution is 2.30. The molecule has 10 heteroatoms. The van der Waals surface area contributed by atoms with Crippen LogP contribution in [0.2, 0.25) is 0 Å². The van der Waals surface area contributed by atoms with Crippen molar-refractivity contribution in [2.45, 2.75) is 12.6 Å². The van der Waals surface area contributed by atoms with E-state index in [9.17, 15) is 18.0 Å². The van der Waals surface area contributed by atoms with Crippen molar-refractivity contribution in [2.24, 2.45) is 0 Å². The van der Waals surface area contributed by atoms with Gasteiger partial charge in [-0.25, -0.2) is 4.98 Å². The van der Waals surface area contributed by atoms with Gasteiger partial charge in [0, 0.05) is 38.4 Å². The summed E-state index contributed by atoms with van der Waals surface area (Å²) in [4.78, 5) is 20.5. The third-order valence-corrected chi connectivity index (χ3v) is 5.04. The van der Waals surface area contributed by atoms with E-state index in [1.54, 1.807) is 25.3 Å². The van der Waals surface area contributed by atoms with Crippen LogP contribution in [-0.4, -0.2) is 62.7 Å². The first kappa shape index (κ1) is 22.7. The zero-order valence-electron chi connectivity index (χ0n) is 17.4. The van der Waals surface area contributed by atoms with Gasteiger partial charge < -0.3 is 19.7 Å². The predicted octanol–water partition coefficient (Wildman–Crippen LogP) is 3.27. The number of pyridine rings is 1. The third kappa shape index (κ3) is 6.00. The Kier molecular flexibility index (Phi) is 7.21. The van der Waals surface area contributed by atoms with Crippen LogP contribution in [0.25, 0.3) is 0 Å². The lowest BCUT2D eigenvalue weighted by atomic mass is 10.2. The normalized spacial score (nSPS) is 15.3. The van der Waals surface area contributed by atoms with Crippen molar-refractivity contribution in [2.75, 3.05) is 57.2 Å². The lowest BCUT2D eigenvalue weighted by Gasteiger charge is -2.23. The number of amides is 1. The van der Waals surface area contributed by atoms with Gasteiger partial charge in [-0.05, 0) is 30.7 Å². The Morgan fingerprint density at radius 3 is 2.55 bits per heavy atom. The molecule has 1 fully saturated rings. The molecular weight excluding hydrogens is 413 g/mol. The van der Waals surface area contributed by atoms with E-state index in [1.807, 2.05) is 9.80 Å². The molecule has 1 aromatic carbocycles. The molecule has 1 aliphatic heterocycles. The Labute approximate surface area is 178 Å². The summed E-state index contributed by atoms with van der Waals surface area (Å²) in [7, 11) is 3.07. The molecule has 0 radical (unpaired) electrons. The van der Waals surface area contributed by atoms with Gasteiger partial charge in [0.25, 0.3) is 0 Å². The van der Waals surface area contributed by atoms with Crippen LogP contribution >= 0.6 is 0 Å². The van der Waals surface area contributed by atoms with Gasteiger partial charge in [-0.2, -0.15) is 13.2 Å². The van der Waals surface area contributed by atoms with Crippen LogP contribution in [0.15, 0.2) is 36.5 Å². The van der Waals surface area contributed by atoms with Gasteiger partial charge in [0.05, 0.1) is 32.0 Å². The van der Waals surface area contributed by atoms with Crippen molar-refractivity contribution >= 4 is 17.4 Å². The SMILES string of the molecule is COc1ccc(OC)c(NC(=O)CN2CCCN(c3ccc(C(F)(F)F)cn3)CC2)c1. The highest BCUT2D eigenvalue weighted by atomic mass is 19.4. The maximum atomic E-state index is 12.7. The van der Waals surface area contributed by atoms with Gasteiger partial charge in [-0.1, -0.05) is 0 Å². The van der Waals surface area contributed by atoms with Crippen LogP contribution in [0.5, 0.6) is 11.5 Å². The molecule has 1 saturated heterocycles. The molecule has 2 aromatic rings. The van der Waals surface area contributed by atoms with Crippen LogP contribution in [-0.2, 0) is 11.0 Å². The summed E-state index contributed by atoms with van der Waals surface area (Å²) in [6.45, 7) is 2.69. The first-order valence-electron chi connectivity index (χ1n) is 9.82. The fourth-order valence-electron chi connectivity index (χ4n) is 3.40. The van der Waals surface area contributed by atoms with Gasteiger partial charge >= 0.3 is 6.18 Å². The number of carbonyl (C=O) groups excluding carboxylic acids is 1. The molecule has 0 saturated carbocycles. The zero-order valence-corrected chi connectivity index (χ0v) is 17.4. The second-order valence-electron chi connectivity index (χ2n) is 7.13. The number of ether oxygens (including phenoxy) is 2. The molecule has 0 aliphatic carbocycles. The standard InChI is InChI=1S/C21H25F3N4O3/c1-30-16-5-6-18(31-2)17(12-16)26-20(29)14-27-8-3-9-28(11-10-27)19-7-4-15(13-25-19)21(22,23)24/h4-7,12-13H,3,8-11,14H2,1-2H3,(H,26,29). The average molecular weight is 438 g/mol. The number of nitrogens with zero attached hydrogens (tertiary/aromatic N) is 3. The maximum absolute atomic E-state index is 12.7. The number of halogens is 3. The van der Waals surface area contributed by atoms with E-state index in [-0.39, 0.29) is 12.5 Å². The number of anilines is 2. The molecule has 7 nitrogen and oxygen atoms in total. The molecule has 1 amide bonds. The molecule has 1 aliphatic rings. The van der Waals surface area contributed by atoms with Crippen molar-refractivity contribution in [1.82, 2.24) is 9.88 Å². The number of benzene rings is 1. The third-order valence-electron chi connectivity index (χ3n) is 5.04. The molecule has 0 bridgehead atoms. The summed E-state index contributed by atoms with van der Waals surface area (Å²) in [5, 5.41) is 2.85. The van der Waals surface area contributed by atoms with Crippen molar-refractivity contribution in [3.05, 3.63) is 42.1 Å². The summed E-state index contributed by atoms with van der Waals surface area (Å²) < 4.78 is 48.7. The molecule has 2 heterocycles. The monoisotopic (exact) mass is 438 g/mol. The number of alkyl halides is 3. The lowest BCUT2D eigenvalue weighted by molar-refractivity contribution is -0.137. The molecule has 3 rings (SSSR count). The highest BCUT2D eigenvalue weighted by Gasteiger charge is 2.31. The van der Waals surface area contributed by atoms with E-state index < -0.39 is 11.7 Å². The molecule has 1 N–H and O–H groups in total. The van der Waals surface area contributed by atoms with E-state index in [1.165, 1.54) is 13.2 Å². The Hall–Kier alpha value is -3.01. The number of hydrogen-bond donors (Lipinski definition) is 1. The van der Waals surface area contributed by atoms with Gasteiger partial charge in [-0.15, -0.1) is 0 Å². The molecular formula is C21H25F3N4O3. The molecule has 0 spiro atoms. The van der Waals surface area contributed by atoms with E-state index in [4.69, 9.17) is 9.47 Å². The topological polar surface area (TPSA) is 66.9 Å². The lowest BCUT2D eigenvalue weighted by Crippen LogP contribution is -2.36. The van der Waals surface area contributed by atoms with Gasteiger partial charge in [0.15, 0.2) is 0 Å². The van der Waals surface area contributed by atoms with E-state index in [0.29, 0.717) is 49.2 Å². The molecule has 0 unspecified atom stereocenters. The van der Waals surface area contributed by atoms with Crippen molar-refractivity contribution < 1.29 is 27.4 Å². The summed E-state index contributed by atoms with van der Waals surface area (Å²) in [5.41, 5.74) is -0.241. The Bertz CT molecular complexity index is 890. The second-order valence-corrected chi connectivity index (χ2v) is 7.13. The fraction of sp³-hybridized carbons (Fsp3) is 0.429. The minimum Gasteiger partial charge on any atom is -0.497 e. The number of nitrogens with one attached hydrogen (secondary N) is 1. The number of methoxy groups -OCH3 is 2. The second kappa shape index (κ2) is 9.86. The number of aromatic nitrogens is 1. The fourth-order valence-corrected chi connectivity index (χ4v) is 3.40. The van der Waals surface area contributed by atoms with E-state index >= 15 is 0 Å². The highest BCUT2D eigenvalue weighted by molar-refractivity contribution is 5.94. The molecule has 0 atom stereocenters. The van der Waals surface area contributed by atoms with Crippen molar-refractivity contribution in [3.63, 3.8) is 0 Å². The van der Waals surface area contributed by atoms with Crippen LogP contribution in [0.4, 0.5) is 24.7 Å². The van der Waals surface area contributed by atoms with Gasteiger partial charge in [0.1, 0.15) is 17.3 Å². The minimum atomic E-state index is -4.40. The number of carbonyl (C=O) groups is 1. The van der Waals surface area contributed by atoms with Crippen LogP contribution in [0.1, 0.15) is 12.0 Å². The van der Waals surface area contributed by atoms with Crippen molar-refractivity contribution in [3.8, 4) is 11.5 Å². The largest absolute Gasteiger partial charge is 0.497 e. The Morgan fingerprint density at radius 2 is 1.90 bits per heavy atom. The Balaban J connectivity index is 1.57. The molecule has 31 heavy (non-hydrogen) atoms. The molecule has 1 aromatic heterocycles. The average Bonchev–Trinajstić information content (AvgIpc) is 2.98. The zero-order chi connectivity index (χ0) is 22.4. The number of hydrogen-bond acceptors (Lipinski definition) is 6. The maximum Gasteiger partial charge on any atom is 0.417 e. The first-order chi connectivity index (χ1) is 14.8. The van der Waals surface area contributed by atoms with E-state index in [2.05, 4.69) is 10.3 Å². The first-order valence-corrected chi connectivity index (χ1v) is 9.82. The minimum absolute atomic E-state index is 0.187. The summed E-state index contributed by atoms with van der Waals surface area (Å²) in [6, 6.07) is 7.58. The quantitative estimate of drug-likeness (QED) is 0.747. The van der Waals surface area contributed by atoms with Crippen LogP contribution in [0.3, 0.4) is 0 Å². The van der Waals surface area contributed by atoms with Crippen LogP contribution in [0, 0.1) is 0 Å². The smallest absolute Gasteiger partial charge is 0.417 e. The van der Waals surface area contributed by atoms with E-state index in [0.717, 1.165) is 18.7 Å². The molecule has 168 valence electrons. The summed E-state index contributed by atoms with van der Waals surface area (Å²) in [6.07, 6.45) is -2.79. The van der Waals surface area contributed by atoms with Crippen molar-refractivity contribution in [1.29, 1.82) is 0 Å². The summed E-state index contributed by atoms with van der Waals surface area (Å²) >= 11 is 0. The Morgan fingerprint density at radius 1 is 1.10 bits per heavy atom. The number of rotatable bonds is 6. The predicted molar refractivity (Wildman–Crippen MR) is 111 cm³/mol. The van der Waals surface area contributed by atoms with Gasteiger partial charge in [-0.3, -0.25) is 9.69 Å². The summed E-state index contributed by atoms with van der Waals surface area (Å²) in [5.74, 6) is 1.45. The van der Waals surface area contributed by atoms with Gasteiger partial charge in [0.2, 0.25) is 5.91 Å². The van der Waals surface area contributed by atoms with Crippen LogP contribution < -0.4 is 19.7 Å².